The number of halogens is 2. The summed E-state index contributed by atoms with van der Waals surface area (Å²) in [5, 5.41) is 16.2. The Morgan fingerprint density at radius 2 is 1.92 bits per heavy atom. The van der Waals surface area contributed by atoms with Crippen LogP contribution in [0.15, 0.2) is 18.2 Å². The molecule has 0 spiro atoms. The number of hydrogen-bond donors (Lipinski definition) is 1. The van der Waals surface area contributed by atoms with Gasteiger partial charge in [-0.05, 0) is 19.1 Å². The van der Waals surface area contributed by atoms with E-state index in [1.165, 1.54) is 15.9 Å². The number of aryl methyl sites for hydroxylation is 1. The van der Waals surface area contributed by atoms with Crippen molar-refractivity contribution >= 4 is 39.5 Å². The van der Waals surface area contributed by atoms with E-state index in [1.807, 2.05) is 18.2 Å². The van der Waals surface area contributed by atoms with Crippen LogP contribution in [-0.2, 0) is 4.74 Å². The second-order valence-corrected chi connectivity index (χ2v) is 7.65. The molecule has 1 aromatic carbocycles. The van der Waals surface area contributed by atoms with E-state index in [9.17, 15) is 5.11 Å². The Labute approximate surface area is 158 Å². The quantitative estimate of drug-likeness (QED) is 0.730. The number of rotatable bonds is 3. The van der Waals surface area contributed by atoms with E-state index in [0.717, 1.165) is 23.5 Å². The highest BCUT2D eigenvalue weighted by molar-refractivity contribution is 7.17. The molecular weight excluding hydrogens is 383 g/mol. The first-order valence-electron chi connectivity index (χ1n) is 7.87. The Hall–Kier alpha value is -1.38. The van der Waals surface area contributed by atoms with Gasteiger partial charge in [-0.25, -0.2) is 4.98 Å². The third-order valence-corrected chi connectivity index (χ3v) is 5.97. The molecule has 0 amide bonds. The number of ether oxygens (including phenoxy) is 1. The van der Waals surface area contributed by atoms with Crippen LogP contribution in [0.25, 0.3) is 4.96 Å². The second kappa shape index (κ2) is 6.74. The molecule has 132 valence electrons. The molecule has 1 fully saturated rings. The number of hydrogen-bond acceptors (Lipinski definition) is 6. The highest BCUT2D eigenvalue weighted by Gasteiger charge is 2.33. The number of thiazole rings is 1. The summed E-state index contributed by atoms with van der Waals surface area (Å²) >= 11 is 14.4. The first kappa shape index (κ1) is 17.1. The maximum atomic E-state index is 10.8. The van der Waals surface area contributed by atoms with Gasteiger partial charge in [-0.1, -0.05) is 40.6 Å². The lowest BCUT2D eigenvalue weighted by atomic mass is 10.0. The zero-order chi connectivity index (χ0) is 17.6. The zero-order valence-electron chi connectivity index (χ0n) is 13.4. The maximum Gasteiger partial charge on any atom is 0.230 e. The van der Waals surface area contributed by atoms with Crippen molar-refractivity contribution in [2.24, 2.45) is 0 Å². The molecule has 0 bridgehead atoms. The van der Waals surface area contributed by atoms with Crippen LogP contribution in [0.1, 0.15) is 22.3 Å². The van der Waals surface area contributed by atoms with Gasteiger partial charge in [0, 0.05) is 28.7 Å². The molecule has 1 unspecified atom stereocenters. The predicted octanol–water partition coefficient (Wildman–Crippen LogP) is 3.53. The Morgan fingerprint density at radius 3 is 2.56 bits per heavy atom. The minimum Gasteiger partial charge on any atom is -0.492 e. The summed E-state index contributed by atoms with van der Waals surface area (Å²) in [6.07, 6.45) is 0. The van der Waals surface area contributed by atoms with Gasteiger partial charge < -0.3 is 9.84 Å². The average molecular weight is 399 g/mol. The molecule has 25 heavy (non-hydrogen) atoms. The molecule has 1 aliphatic rings. The highest BCUT2D eigenvalue weighted by atomic mass is 35.5. The van der Waals surface area contributed by atoms with Crippen LogP contribution in [0.4, 0.5) is 0 Å². The molecule has 2 aromatic heterocycles. The van der Waals surface area contributed by atoms with Crippen molar-refractivity contribution in [1.82, 2.24) is 19.5 Å². The third kappa shape index (κ3) is 3.00. The van der Waals surface area contributed by atoms with Crippen molar-refractivity contribution in [2.75, 3.05) is 26.3 Å². The number of aromatic nitrogens is 3. The molecule has 0 saturated carbocycles. The van der Waals surface area contributed by atoms with Gasteiger partial charge in [-0.3, -0.25) is 4.90 Å². The summed E-state index contributed by atoms with van der Waals surface area (Å²) in [7, 11) is 0. The van der Waals surface area contributed by atoms with Crippen molar-refractivity contribution in [3.63, 3.8) is 0 Å². The number of nitrogens with zero attached hydrogens (tertiary/aromatic N) is 4. The molecule has 0 radical (unpaired) electrons. The number of fused-ring (bicyclic) bond motifs is 1. The standard InChI is InChI=1S/C16H16Cl2N4O2S/c1-9-19-16-22(20-9)15(23)14(25-16)13(21-5-7-24-8-6-21)12-10(17)3-2-4-11(12)18/h2-4,13,23H,5-8H2,1H3. The smallest absolute Gasteiger partial charge is 0.230 e. The molecule has 9 heteroatoms. The molecule has 1 saturated heterocycles. The summed E-state index contributed by atoms with van der Waals surface area (Å²) in [5.41, 5.74) is 0.782. The highest BCUT2D eigenvalue weighted by Crippen LogP contribution is 2.44. The predicted molar refractivity (Wildman–Crippen MR) is 98.0 cm³/mol. The van der Waals surface area contributed by atoms with Crippen LogP contribution < -0.4 is 0 Å². The van der Waals surface area contributed by atoms with E-state index < -0.39 is 0 Å². The SMILES string of the molecule is Cc1nc2sc(C(c3c(Cl)cccc3Cl)N3CCOCC3)c(O)n2n1. The molecular formula is C16H16Cl2N4O2S. The van der Waals surface area contributed by atoms with Crippen molar-refractivity contribution in [3.05, 3.63) is 44.5 Å². The van der Waals surface area contributed by atoms with Crippen LogP contribution in [0, 0.1) is 6.92 Å². The molecule has 3 heterocycles. The van der Waals surface area contributed by atoms with Gasteiger partial charge in [0.1, 0.15) is 5.82 Å². The van der Waals surface area contributed by atoms with E-state index in [-0.39, 0.29) is 11.9 Å². The van der Waals surface area contributed by atoms with E-state index in [1.54, 1.807) is 6.92 Å². The van der Waals surface area contributed by atoms with Crippen LogP contribution in [0.2, 0.25) is 10.0 Å². The Balaban J connectivity index is 1.90. The number of aromatic hydroxyl groups is 1. The number of benzene rings is 1. The van der Waals surface area contributed by atoms with E-state index in [2.05, 4.69) is 15.0 Å². The van der Waals surface area contributed by atoms with Gasteiger partial charge in [-0.15, -0.1) is 5.10 Å². The lowest BCUT2D eigenvalue weighted by Crippen LogP contribution is -2.39. The van der Waals surface area contributed by atoms with E-state index in [4.69, 9.17) is 27.9 Å². The van der Waals surface area contributed by atoms with Gasteiger partial charge >= 0.3 is 0 Å². The van der Waals surface area contributed by atoms with Crippen LogP contribution in [0.5, 0.6) is 5.88 Å². The van der Waals surface area contributed by atoms with Gasteiger partial charge in [0.25, 0.3) is 0 Å². The van der Waals surface area contributed by atoms with Gasteiger partial charge in [0.2, 0.25) is 10.8 Å². The minimum absolute atomic E-state index is 0.0769. The molecule has 6 nitrogen and oxygen atoms in total. The zero-order valence-corrected chi connectivity index (χ0v) is 15.8. The monoisotopic (exact) mass is 398 g/mol. The Morgan fingerprint density at radius 1 is 1.24 bits per heavy atom. The average Bonchev–Trinajstić information content (AvgIpc) is 3.10. The van der Waals surface area contributed by atoms with Crippen molar-refractivity contribution in [1.29, 1.82) is 0 Å². The third-order valence-electron chi connectivity index (χ3n) is 4.24. The fourth-order valence-corrected chi connectivity index (χ4v) is 4.86. The lowest BCUT2D eigenvalue weighted by Gasteiger charge is -2.34. The molecule has 3 aromatic rings. The molecule has 1 N–H and O–H groups in total. The fourth-order valence-electron chi connectivity index (χ4n) is 3.11. The Bertz CT molecular complexity index is 900. The summed E-state index contributed by atoms with van der Waals surface area (Å²) < 4.78 is 6.94. The van der Waals surface area contributed by atoms with Gasteiger partial charge in [-0.2, -0.15) is 4.52 Å². The van der Waals surface area contributed by atoms with Crippen molar-refractivity contribution < 1.29 is 9.84 Å². The topological polar surface area (TPSA) is 62.9 Å². The van der Waals surface area contributed by atoms with Crippen LogP contribution in [0.3, 0.4) is 0 Å². The normalized spacial score (nSPS) is 17.2. The number of morpholine rings is 1. The fraction of sp³-hybridized carbons (Fsp3) is 0.375. The van der Waals surface area contributed by atoms with E-state index >= 15 is 0 Å². The van der Waals surface area contributed by atoms with Crippen LogP contribution in [-0.4, -0.2) is 50.9 Å². The van der Waals surface area contributed by atoms with Gasteiger partial charge in [0.05, 0.1) is 24.1 Å². The minimum atomic E-state index is -0.279. The summed E-state index contributed by atoms with van der Waals surface area (Å²) in [6.45, 7) is 4.48. The Kier molecular flexibility index (Phi) is 4.59. The molecule has 4 rings (SSSR count). The lowest BCUT2D eigenvalue weighted by molar-refractivity contribution is 0.0241. The first-order chi connectivity index (χ1) is 12.1. The van der Waals surface area contributed by atoms with Crippen molar-refractivity contribution in [3.8, 4) is 5.88 Å². The summed E-state index contributed by atoms with van der Waals surface area (Å²) in [4.78, 5) is 7.95. The largest absolute Gasteiger partial charge is 0.492 e. The second-order valence-electron chi connectivity index (χ2n) is 5.83. The first-order valence-corrected chi connectivity index (χ1v) is 9.44. The van der Waals surface area contributed by atoms with Crippen LogP contribution >= 0.6 is 34.5 Å². The molecule has 0 aliphatic carbocycles. The summed E-state index contributed by atoms with van der Waals surface area (Å²) in [5.74, 6) is 0.694. The summed E-state index contributed by atoms with van der Waals surface area (Å²) in [6, 6.07) is 5.16. The van der Waals surface area contributed by atoms with Gasteiger partial charge in [0.15, 0.2) is 0 Å². The van der Waals surface area contributed by atoms with Crippen molar-refractivity contribution in [2.45, 2.75) is 13.0 Å². The molecule has 1 aliphatic heterocycles. The maximum absolute atomic E-state index is 10.8. The molecule has 1 atom stereocenters. The van der Waals surface area contributed by atoms with E-state index in [0.29, 0.717) is 34.0 Å².